The molecule has 1 aliphatic carbocycles. The number of alkyl halides is 1. The molecular weight excluding hydrogens is 250 g/mol. The Morgan fingerprint density at radius 1 is 1.69 bits per heavy atom. The second kappa shape index (κ2) is 4.35. The van der Waals surface area contributed by atoms with Crippen molar-refractivity contribution in [2.75, 3.05) is 6.54 Å². The lowest BCUT2D eigenvalue weighted by molar-refractivity contribution is 0.573. The molecule has 1 atom stereocenters. The summed E-state index contributed by atoms with van der Waals surface area (Å²) >= 11 is 6.02. The maximum Gasteiger partial charge on any atom is 0.259 e. The maximum atomic E-state index is 11.7. The van der Waals surface area contributed by atoms with E-state index in [9.17, 15) is 8.42 Å². The quantitative estimate of drug-likeness (QED) is 0.796. The van der Waals surface area contributed by atoms with E-state index in [4.69, 9.17) is 11.6 Å². The van der Waals surface area contributed by atoms with Gasteiger partial charge in [0.05, 0.1) is 6.33 Å². The zero-order valence-corrected chi connectivity index (χ0v) is 10.5. The molecule has 0 spiro atoms. The first kappa shape index (κ1) is 11.9. The molecule has 1 aromatic rings. The van der Waals surface area contributed by atoms with Gasteiger partial charge in [0, 0.05) is 25.2 Å². The van der Waals surface area contributed by atoms with Gasteiger partial charge in [0.25, 0.3) is 10.0 Å². The number of aromatic nitrogens is 2. The zero-order valence-electron chi connectivity index (χ0n) is 8.93. The molecule has 7 heteroatoms. The molecule has 0 aromatic carbocycles. The first-order valence-corrected chi connectivity index (χ1v) is 7.03. The van der Waals surface area contributed by atoms with Crippen LogP contribution < -0.4 is 4.72 Å². The van der Waals surface area contributed by atoms with E-state index in [0.29, 0.717) is 5.92 Å². The van der Waals surface area contributed by atoms with Crippen LogP contribution in [0.25, 0.3) is 0 Å². The molecule has 1 aromatic heterocycles. The molecule has 0 saturated heterocycles. The molecule has 1 saturated carbocycles. The van der Waals surface area contributed by atoms with Crippen LogP contribution in [0.1, 0.15) is 12.8 Å². The van der Waals surface area contributed by atoms with Gasteiger partial charge in [-0.1, -0.05) is 0 Å². The lowest BCUT2D eigenvalue weighted by atomic mass is 10.3. The lowest BCUT2D eigenvalue weighted by Gasteiger charge is -2.08. The Balaban J connectivity index is 1.97. The Labute approximate surface area is 99.9 Å². The van der Waals surface area contributed by atoms with E-state index in [-0.39, 0.29) is 16.9 Å². The Kier molecular flexibility index (Phi) is 3.23. The van der Waals surface area contributed by atoms with Crippen molar-refractivity contribution in [3.8, 4) is 0 Å². The van der Waals surface area contributed by atoms with E-state index in [1.54, 1.807) is 11.6 Å². The van der Waals surface area contributed by atoms with Gasteiger partial charge in [0.2, 0.25) is 0 Å². The Morgan fingerprint density at radius 3 is 2.88 bits per heavy atom. The molecule has 1 fully saturated rings. The normalized spacial score (nSPS) is 18.6. The highest BCUT2D eigenvalue weighted by molar-refractivity contribution is 7.89. The second-order valence-electron chi connectivity index (χ2n) is 4.08. The fourth-order valence-corrected chi connectivity index (χ4v) is 2.87. The topological polar surface area (TPSA) is 64.0 Å². The van der Waals surface area contributed by atoms with Gasteiger partial charge in [-0.05, 0) is 18.8 Å². The summed E-state index contributed by atoms with van der Waals surface area (Å²) < 4.78 is 27.6. The summed E-state index contributed by atoms with van der Waals surface area (Å²) in [5.74, 6) is 0.466. The van der Waals surface area contributed by atoms with E-state index in [0.717, 1.165) is 12.8 Å². The first-order chi connectivity index (χ1) is 7.49. The summed E-state index contributed by atoms with van der Waals surface area (Å²) in [4.78, 5) is 3.80. The van der Waals surface area contributed by atoms with Gasteiger partial charge in [-0.3, -0.25) is 0 Å². The number of hydrogen-bond donors (Lipinski definition) is 1. The summed E-state index contributed by atoms with van der Waals surface area (Å²) in [6.45, 7) is 0.269. The van der Waals surface area contributed by atoms with Crippen molar-refractivity contribution >= 4 is 21.6 Å². The third kappa shape index (κ3) is 2.75. The van der Waals surface area contributed by atoms with Crippen molar-refractivity contribution in [2.24, 2.45) is 13.0 Å². The molecule has 1 N–H and O–H groups in total. The average Bonchev–Trinajstić information content (AvgIpc) is 2.98. The highest BCUT2D eigenvalue weighted by atomic mass is 35.5. The van der Waals surface area contributed by atoms with E-state index in [1.165, 1.54) is 12.5 Å². The third-order valence-electron chi connectivity index (χ3n) is 2.56. The van der Waals surface area contributed by atoms with Crippen LogP contribution in [0.4, 0.5) is 0 Å². The minimum atomic E-state index is -3.51. The van der Waals surface area contributed by atoms with Crippen molar-refractivity contribution in [1.29, 1.82) is 0 Å². The SMILES string of the molecule is Cn1cnc(S(=O)(=O)NCC(Cl)C2CC2)c1. The molecule has 1 aliphatic rings. The molecule has 1 heterocycles. The van der Waals surface area contributed by atoms with Gasteiger partial charge in [-0.2, -0.15) is 0 Å². The first-order valence-electron chi connectivity index (χ1n) is 5.11. The number of hydrogen-bond acceptors (Lipinski definition) is 3. The summed E-state index contributed by atoms with van der Waals surface area (Å²) in [7, 11) is -1.78. The summed E-state index contributed by atoms with van der Waals surface area (Å²) in [5, 5.41) is -0.0758. The maximum absolute atomic E-state index is 11.7. The van der Waals surface area contributed by atoms with Crippen molar-refractivity contribution in [3.63, 3.8) is 0 Å². The van der Waals surface area contributed by atoms with Gasteiger partial charge in [-0.15, -0.1) is 11.6 Å². The number of nitrogens with one attached hydrogen (secondary N) is 1. The van der Waals surface area contributed by atoms with Gasteiger partial charge < -0.3 is 4.57 Å². The molecule has 16 heavy (non-hydrogen) atoms. The van der Waals surface area contributed by atoms with Gasteiger partial charge in [0.15, 0.2) is 5.03 Å². The van der Waals surface area contributed by atoms with Crippen LogP contribution in [-0.4, -0.2) is 29.9 Å². The third-order valence-corrected chi connectivity index (χ3v) is 4.38. The van der Waals surface area contributed by atoms with Crippen molar-refractivity contribution in [1.82, 2.24) is 14.3 Å². The van der Waals surface area contributed by atoms with Crippen LogP contribution in [0.2, 0.25) is 0 Å². The Bertz CT molecular complexity index is 467. The summed E-state index contributed by atoms with van der Waals surface area (Å²) in [6.07, 6.45) is 5.11. The highest BCUT2D eigenvalue weighted by Crippen LogP contribution is 2.35. The van der Waals surface area contributed by atoms with Gasteiger partial charge >= 0.3 is 0 Å². The van der Waals surface area contributed by atoms with Crippen LogP contribution in [0, 0.1) is 5.92 Å². The number of sulfonamides is 1. The summed E-state index contributed by atoms with van der Waals surface area (Å²) in [6, 6.07) is 0. The van der Waals surface area contributed by atoms with Crippen LogP contribution in [0.15, 0.2) is 17.6 Å². The number of imidazole rings is 1. The van der Waals surface area contributed by atoms with Crippen molar-refractivity contribution in [2.45, 2.75) is 23.2 Å². The molecule has 0 amide bonds. The van der Waals surface area contributed by atoms with E-state index < -0.39 is 10.0 Å². The number of rotatable bonds is 5. The van der Waals surface area contributed by atoms with E-state index in [2.05, 4.69) is 9.71 Å². The molecule has 90 valence electrons. The number of halogens is 1. The number of aryl methyl sites for hydroxylation is 1. The van der Waals surface area contributed by atoms with Crippen LogP contribution in [0.3, 0.4) is 0 Å². The van der Waals surface area contributed by atoms with Crippen LogP contribution in [-0.2, 0) is 17.1 Å². The molecule has 1 unspecified atom stereocenters. The van der Waals surface area contributed by atoms with Crippen LogP contribution >= 0.6 is 11.6 Å². The Morgan fingerprint density at radius 2 is 2.38 bits per heavy atom. The smallest absolute Gasteiger partial charge is 0.259 e. The molecule has 2 rings (SSSR count). The predicted octanol–water partition coefficient (Wildman–Crippen LogP) is 0.716. The monoisotopic (exact) mass is 263 g/mol. The van der Waals surface area contributed by atoms with Crippen molar-refractivity contribution < 1.29 is 8.42 Å². The molecular formula is C9H14ClN3O2S. The van der Waals surface area contributed by atoms with Crippen LogP contribution in [0.5, 0.6) is 0 Å². The van der Waals surface area contributed by atoms with E-state index in [1.807, 2.05) is 0 Å². The molecule has 0 aliphatic heterocycles. The molecule has 0 radical (unpaired) electrons. The lowest BCUT2D eigenvalue weighted by Crippen LogP contribution is -2.30. The fraction of sp³-hybridized carbons (Fsp3) is 0.667. The number of nitrogens with zero attached hydrogens (tertiary/aromatic N) is 2. The summed E-state index contributed by atoms with van der Waals surface area (Å²) in [5.41, 5.74) is 0. The van der Waals surface area contributed by atoms with E-state index >= 15 is 0 Å². The predicted molar refractivity (Wildman–Crippen MR) is 60.8 cm³/mol. The molecule has 0 bridgehead atoms. The zero-order chi connectivity index (χ0) is 11.8. The second-order valence-corrected chi connectivity index (χ2v) is 6.36. The highest BCUT2D eigenvalue weighted by Gasteiger charge is 2.30. The van der Waals surface area contributed by atoms with Gasteiger partial charge in [-0.25, -0.2) is 18.1 Å². The average molecular weight is 264 g/mol. The minimum absolute atomic E-state index is 0.0367. The fourth-order valence-electron chi connectivity index (χ4n) is 1.42. The molecule has 5 nitrogen and oxygen atoms in total. The van der Waals surface area contributed by atoms with Gasteiger partial charge in [0.1, 0.15) is 0 Å². The largest absolute Gasteiger partial charge is 0.339 e. The standard InChI is InChI=1S/C9H14ClN3O2S/c1-13-5-9(11-6-13)16(14,15)12-4-8(10)7-2-3-7/h5-8,12H,2-4H2,1H3. The minimum Gasteiger partial charge on any atom is -0.339 e. The Hall–Kier alpha value is -0.590. The van der Waals surface area contributed by atoms with Crippen molar-refractivity contribution in [3.05, 3.63) is 12.5 Å².